The van der Waals surface area contributed by atoms with E-state index in [4.69, 9.17) is 0 Å². The van der Waals surface area contributed by atoms with Gasteiger partial charge in [0.05, 0.1) is 16.7 Å². The molecule has 0 bridgehead atoms. The molecule has 0 aliphatic carbocycles. The average molecular weight is 867 g/mol. The van der Waals surface area contributed by atoms with Crippen molar-refractivity contribution in [3.05, 3.63) is 279 Å². The lowest BCUT2D eigenvalue weighted by molar-refractivity contribution is 1.18. The van der Waals surface area contributed by atoms with E-state index in [9.17, 15) is 0 Å². The third-order valence-electron chi connectivity index (χ3n) is 13.2. The quantitative estimate of drug-likeness (QED) is 0.133. The largest absolute Gasteiger partial charge is 0.311 e. The Hall–Kier alpha value is -8.98. The van der Waals surface area contributed by atoms with Crippen molar-refractivity contribution in [2.75, 3.05) is 4.90 Å². The molecule has 12 aromatic rings. The zero-order valence-corrected chi connectivity index (χ0v) is 37.5. The maximum Gasteiger partial charge on any atom is 0.0547 e. The van der Waals surface area contributed by atoms with Gasteiger partial charge < -0.3 is 9.47 Å². The summed E-state index contributed by atoms with van der Waals surface area (Å²) < 4.78 is 2.47. The number of rotatable bonds is 10. The van der Waals surface area contributed by atoms with E-state index >= 15 is 0 Å². The number of anilines is 3. The van der Waals surface area contributed by atoms with Crippen LogP contribution in [0.3, 0.4) is 0 Å². The highest BCUT2D eigenvalue weighted by Crippen LogP contribution is 2.41. The molecule has 68 heavy (non-hydrogen) atoms. The molecule has 0 aliphatic rings. The maximum atomic E-state index is 2.47. The molecule has 11 aromatic carbocycles. The van der Waals surface area contributed by atoms with Gasteiger partial charge in [0, 0.05) is 33.4 Å². The van der Waals surface area contributed by atoms with E-state index < -0.39 is 0 Å². The predicted octanol–water partition coefficient (Wildman–Crippen LogP) is 18.3. The molecule has 0 N–H and O–H groups in total. The molecule has 0 radical (unpaired) electrons. The molecular weight excluding hydrogens is 821 g/mol. The van der Waals surface area contributed by atoms with Crippen LogP contribution in [-0.2, 0) is 0 Å². The second kappa shape index (κ2) is 17.8. The molecule has 0 spiro atoms. The van der Waals surface area contributed by atoms with Crippen molar-refractivity contribution in [2.45, 2.75) is 0 Å². The van der Waals surface area contributed by atoms with E-state index in [1.165, 1.54) is 88.6 Å². The van der Waals surface area contributed by atoms with Crippen molar-refractivity contribution in [2.24, 2.45) is 0 Å². The Balaban J connectivity index is 0.869. The van der Waals surface area contributed by atoms with Crippen LogP contribution >= 0.6 is 0 Å². The van der Waals surface area contributed by atoms with Gasteiger partial charge in [-0.1, -0.05) is 224 Å². The van der Waals surface area contributed by atoms with Crippen LogP contribution in [0, 0.1) is 0 Å². The molecule has 320 valence electrons. The summed E-state index contributed by atoms with van der Waals surface area (Å²) in [6.07, 6.45) is 0. The summed E-state index contributed by atoms with van der Waals surface area (Å²) in [5.74, 6) is 0. The fourth-order valence-electron chi connectivity index (χ4n) is 9.77. The summed E-state index contributed by atoms with van der Waals surface area (Å²) in [4.78, 5) is 2.33. The van der Waals surface area contributed by atoms with Crippen molar-refractivity contribution in [3.63, 3.8) is 0 Å². The van der Waals surface area contributed by atoms with E-state index in [1.54, 1.807) is 0 Å². The maximum absolute atomic E-state index is 2.47. The Labute approximate surface area is 397 Å². The Morgan fingerprint density at radius 3 is 0.941 bits per heavy atom. The fraction of sp³-hybridized carbons (Fsp3) is 0. The van der Waals surface area contributed by atoms with Gasteiger partial charge in [-0.15, -0.1) is 0 Å². The highest BCUT2D eigenvalue weighted by Gasteiger charge is 2.18. The first-order chi connectivity index (χ1) is 33.7. The Morgan fingerprint density at radius 2 is 0.515 bits per heavy atom. The first-order valence-electron chi connectivity index (χ1n) is 23.3. The molecule has 1 aromatic heterocycles. The van der Waals surface area contributed by atoms with Crippen molar-refractivity contribution in [3.8, 4) is 72.4 Å². The van der Waals surface area contributed by atoms with Crippen molar-refractivity contribution in [1.82, 2.24) is 4.57 Å². The zero-order chi connectivity index (χ0) is 45.2. The van der Waals surface area contributed by atoms with Crippen LogP contribution < -0.4 is 4.90 Å². The van der Waals surface area contributed by atoms with Gasteiger partial charge in [0.15, 0.2) is 0 Å². The lowest BCUT2D eigenvalue weighted by Crippen LogP contribution is -2.09. The summed E-state index contributed by atoms with van der Waals surface area (Å²) in [5.41, 5.74) is 21.2. The molecular formula is C66H46N2. The molecule has 0 fully saturated rings. The predicted molar refractivity (Wildman–Crippen MR) is 288 cm³/mol. The number of para-hydroxylation sites is 2. The van der Waals surface area contributed by atoms with Crippen LogP contribution in [0.4, 0.5) is 17.1 Å². The Bertz CT molecular complexity index is 3560. The summed E-state index contributed by atoms with van der Waals surface area (Å²) in [6.45, 7) is 0. The molecule has 12 rings (SSSR count). The minimum absolute atomic E-state index is 1.10. The number of nitrogens with zero attached hydrogens (tertiary/aromatic N) is 2. The van der Waals surface area contributed by atoms with Gasteiger partial charge >= 0.3 is 0 Å². The molecule has 0 amide bonds. The first-order valence-corrected chi connectivity index (χ1v) is 23.3. The van der Waals surface area contributed by atoms with Crippen molar-refractivity contribution < 1.29 is 0 Å². The van der Waals surface area contributed by atoms with E-state index in [-0.39, 0.29) is 0 Å². The van der Waals surface area contributed by atoms with Gasteiger partial charge in [-0.2, -0.15) is 0 Å². The molecule has 0 saturated carbocycles. The summed E-state index contributed by atoms with van der Waals surface area (Å²) in [6, 6.07) is 101. The smallest absolute Gasteiger partial charge is 0.0547 e. The first kappa shape index (κ1) is 40.5. The topological polar surface area (TPSA) is 8.17 Å². The van der Waals surface area contributed by atoms with Crippen LogP contribution in [-0.4, -0.2) is 4.57 Å². The number of aromatic nitrogens is 1. The highest BCUT2D eigenvalue weighted by atomic mass is 15.1. The lowest BCUT2D eigenvalue weighted by Gasteiger charge is -2.26. The van der Waals surface area contributed by atoms with E-state index in [2.05, 4.69) is 289 Å². The van der Waals surface area contributed by atoms with E-state index in [1.807, 2.05) is 0 Å². The van der Waals surface area contributed by atoms with Gasteiger partial charge in [0.25, 0.3) is 0 Å². The molecule has 0 aliphatic heterocycles. The minimum atomic E-state index is 1.10. The standard InChI is InChI=1S/C66H46N2/c1-5-15-47(16-6-1)50-25-27-51(28-26-50)53-33-39-59(40-34-53)67(58-21-11-4-12-22-58)60-41-35-54(36-42-60)52-29-31-55(32-30-52)61-23-13-14-24-64(61)68-65-45-56(48-17-7-2-8-18-48)37-43-62(65)63-44-38-57(46-66(63)68)49-19-9-3-10-20-49/h1-46H. The molecule has 0 unspecified atom stereocenters. The summed E-state index contributed by atoms with van der Waals surface area (Å²) in [5, 5.41) is 2.47. The van der Waals surface area contributed by atoms with Gasteiger partial charge in [-0.05, 0) is 116 Å². The van der Waals surface area contributed by atoms with Crippen LogP contribution in [0.15, 0.2) is 279 Å². The monoisotopic (exact) mass is 866 g/mol. The fourth-order valence-corrected chi connectivity index (χ4v) is 9.77. The van der Waals surface area contributed by atoms with Crippen molar-refractivity contribution >= 4 is 38.9 Å². The number of hydrogen-bond donors (Lipinski definition) is 0. The van der Waals surface area contributed by atoms with Gasteiger partial charge in [-0.25, -0.2) is 0 Å². The van der Waals surface area contributed by atoms with Crippen LogP contribution in [0.1, 0.15) is 0 Å². The minimum Gasteiger partial charge on any atom is -0.311 e. The van der Waals surface area contributed by atoms with Gasteiger partial charge in [-0.3, -0.25) is 0 Å². The number of benzene rings is 11. The third kappa shape index (κ3) is 7.74. The van der Waals surface area contributed by atoms with Gasteiger partial charge in [0.1, 0.15) is 0 Å². The summed E-state index contributed by atoms with van der Waals surface area (Å²) in [7, 11) is 0. The average Bonchev–Trinajstić information content (AvgIpc) is 3.75. The number of hydrogen-bond acceptors (Lipinski definition) is 1. The normalized spacial score (nSPS) is 11.2. The van der Waals surface area contributed by atoms with Crippen LogP contribution in [0.25, 0.3) is 94.3 Å². The Kier molecular flexibility index (Phi) is 10.6. The highest BCUT2D eigenvalue weighted by molar-refractivity contribution is 6.11. The van der Waals surface area contributed by atoms with Gasteiger partial charge in [0.2, 0.25) is 0 Å². The lowest BCUT2D eigenvalue weighted by atomic mass is 9.98. The Morgan fingerprint density at radius 1 is 0.221 bits per heavy atom. The second-order valence-electron chi connectivity index (χ2n) is 17.3. The van der Waals surface area contributed by atoms with E-state index in [0.717, 1.165) is 22.7 Å². The molecule has 2 nitrogen and oxygen atoms in total. The summed E-state index contributed by atoms with van der Waals surface area (Å²) >= 11 is 0. The molecule has 0 saturated heterocycles. The molecule has 2 heteroatoms. The SMILES string of the molecule is c1ccc(-c2ccc(-c3ccc(N(c4ccccc4)c4ccc(-c5ccc(-c6ccccc6-n6c7cc(-c8ccccc8)ccc7c7ccc(-c8ccccc8)cc76)cc5)cc4)cc3)cc2)cc1. The molecule has 0 atom stereocenters. The zero-order valence-electron chi connectivity index (χ0n) is 37.5. The van der Waals surface area contributed by atoms with Crippen LogP contribution in [0.5, 0.6) is 0 Å². The number of fused-ring (bicyclic) bond motifs is 3. The van der Waals surface area contributed by atoms with Crippen LogP contribution in [0.2, 0.25) is 0 Å². The second-order valence-corrected chi connectivity index (χ2v) is 17.3. The molecule has 1 heterocycles. The van der Waals surface area contributed by atoms with Crippen molar-refractivity contribution in [1.29, 1.82) is 0 Å². The third-order valence-corrected chi connectivity index (χ3v) is 13.2. The van der Waals surface area contributed by atoms with E-state index in [0.29, 0.717) is 0 Å².